The van der Waals surface area contributed by atoms with Crippen molar-refractivity contribution >= 4 is 8.15 Å². The maximum Gasteiger partial charge on any atom is 0.0398 e. The summed E-state index contributed by atoms with van der Waals surface area (Å²) in [5.41, 5.74) is 1.98. The van der Waals surface area contributed by atoms with Crippen molar-refractivity contribution < 1.29 is 4.52 Å². The molecule has 0 bridgehead atoms. The molecule has 1 rings (SSSR count). The van der Waals surface area contributed by atoms with Crippen LogP contribution in [0.25, 0.3) is 0 Å². The monoisotopic (exact) mass is 252 g/mol. The molecule has 0 aliphatic rings. The average molecular weight is 252 g/mol. The van der Waals surface area contributed by atoms with E-state index in [-0.39, 0.29) is 8.15 Å². The summed E-state index contributed by atoms with van der Waals surface area (Å²) in [5, 5.41) is 0. The number of hydrogen-bond acceptors (Lipinski definition) is 1. The lowest BCUT2D eigenvalue weighted by Gasteiger charge is -2.30. The van der Waals surface area contributed by atoms with Gasteiger partial charge in [0.25, 0.3) is 0 Å². The molecule has 0 saturated heterocycles. The second kappa shape index (κ2) is 7.13. The molecule has 0 aliphatic carbocycles. The molecule has 0 saturated carbocycles. The van der Waals surface area contributed by atoms with Crippen molar-refractivity contribution in [3.63, 3.8) is 0 Å². The van der Waals surface area contributed by atoms with E-state index in [0.717, 1.165) is 0 Å². The predicted molar refractivity (Wildman–Crippen MR) is 77.7 cm³/mol. The molecule has 0 aliphatic heterocycles. The van der Waals surface area contributed by atoms with Crippen LogP contribution in [0.4, 0.5) is 0 Å². The fraction of sp³-hybridized carbons (Fsp3) is 0.600. The standard InChI is InChI=1S/C15H25OP/c1-12(2)11-17(16-5)15(13(3)4)14-9-7-6-8-10-14/h6-10,12-13,15H,11H2,1-5H3. The van der Waals surface area contributed by atoms with Crippen LogP contribution in [0.3, 0.4) is 0 Å². The van der Waals surface area contributed by atoms with Crippen LogP contribution >= 0.6 is 8.15 Å². The lowest BCUT2D eigenvalue weighted by molar-refractivity contribution is 0.432. The summed E-state index contributed by atoms with van der Waals surface area (Å²) in [4.78, 5) is 0. The molecular weight excluding hydrogens is 227 g/mol. The Bertz CT molecular complexity index is 308. The Balaban J connectivity index is 2.91. The van der Waals surface area contributed by atoms with Crippen LogP contribution in [-0.4, -0.2) is 13.3 Å². The van der Waals surface area contributed by atoms with Gasteiger partial charge in [0.05, 0.1) is 0 Å². The summed E-state index contributed by atoms with van der Waals surface area (Å²) in [6, 6.07) is 10.8. The molecule has 0 amide bonds. The van der Waals surface area contributed by atoms with Gasteiger partial charge in [0.15, 0.2) is 0 Å². The van der Waals surface area contributed by atoms with E-state index in [1.54, 1.807) is 0 Å². The lowest BCUT2D eigenvalue weighted by Crippen LogP contribution is -2.10. The molecule has 2 atom stereocenters. The number of benzene rings is 1. The van der Waals surface area contributed by atoms with E-state index in [1.807, 2.05) is 7.11 Å². The van der Waals surface area contributed by atoms with Gasteiger partial charge in [0.1, 0.15) is 0 Å². The zero-order valence-electron chi connectivity index (χ0n) is 11.7. The molecule has 0 fully saturated rings. The summed E-state index contributed by atoms with van der Waals surface area (Å²) in [6.07, 6.45) is 1.18. The largest absolute Gasteiger partial charge is 0.362 e. The third kappa shape index (κ3) is 4.41. The second-order valence-corrected chi connectivity index (χ2v) is 7.40. The first-order valence-corrected chi connectivity index (χ1v) is 7.93. The SMILES string of the molecule is COP(CC(C)C)C(c1ccccc1)C(C)C. The van der Waals surface area contributed by atoms with Gasteiger partial charge >= 0.3 is 0 Å². The van der Waals surface area contributed by atoms with E-state index in [4.69, 9.17) is 4.52 Å². The minimum absolute atomic E-state index is 0.377. The highest BCUT2D eigenvalue weighted by Crippen LogP contribution is 2.56. The third-order valence-corrected chi connectivity index (χ3v) is 5.94. The molecule has 2 heteroatoms. The average Bonchev–Trinajstić information content (AvgIpc) is 2.28. The van der Waals surface area contributed by atoms with Crippen molar-refractivity contribution in [2.75, 3.05) is 13.3 Å². The van der Waals surface area contributed by atoms with E-state index in [1.165, 1.54) is 11.7 Å². The van der Waals surface area contributed by atoms with Gasteiger partial charge in [-0.1, -0.05) is 58.0 Å². The molecule has 1 nitrogen and oxygen atoms in total. The van der Waals surface area contributed by atoms with Crippen molar-refractivity contribution in [2.45, 2.75) is 33.4 Å². The van der Waals surface area contributed by atoms with Gasteiger partial charge in [-0.2, -0.15) is 0 Å². The first kappa shape index (κ1) is 14.7. The topological polar surface area (TPSA) is 9.23 Å². The summed E-state index contributed by atoms with van der Waals surface area (Å²) >= 11 is 0. The molecular formula is C15H25OP. The van der Waals surface area contributed by atoms with Crippen molar-refractivity contribution in [3.05, 3.63) is 35.9 Å². The minimum Gasteiger partial charge on any atom is -0.362 e. The van der Waals surface area contributed by atoms with Crippen LogP contribution in [0, 0.1) is 11.8 Å². The Kier molecular flexibility index (Phi) is 6.16. The molecule has 0 aromatic heterocycles. The Hall–Kier alpha value is -0.390. The summed E-state index contributed by atoms with van der Waals surface area (Å²) < 4.78 is 5.80. The van der Waals surface area contributed by atoms with Gasteiger partial charge in [-0.15, -0.1) is 0 Å². The van der Waals surface area contributed by atoms with Crippen LogP contribution in [0.15, 0.2) is 30.3 Å². The van der Waals surface area contributed by atoms with Crippen molar-refractivity contribution in [1.29, 1.82) is 0 Å². The third-order valence-electron chi connectivity index (χ3n) is 2.86. The molecule has 0 heterocycles. The van der Waals surface area contributed by atoms with Gasteiger partial charge in [-0.05, 0) is 23.6 Å². The number of rotatable bonds is 6. The van der Waals surface area contributed by atoms with Gasteiger partial charge in [-0.25, -0.2) is 0 Å². The van der Waals surface area contributed by atoms with Crippen molar-refractivity contribution in [1.82, 2.24) is 0 Å². The fourth-order valence-electron chi connectivity index (χ4n) is 2.20. The van der Waals surface area contributed by atoms with E-state index in [2.05, 4.69) is 58.0 Å². The molecule has 0 spiro atoms. The quantitative estimate of drug-likeness (QED) is 0.641. The molecule has 17 heavy (non-hydrogen) atoms. The first-order chi connectivity index (χ1) is 8.06. The van der Waals surface area contributed by atoms with Crippen molar-refractivity contribution in [2.24, 2.45) is 11.8 Å². The van der Waals surface area contributed by atoms with E-state index >= 15 is 0 Å². The Labute approximate surface area is 107 Å². The molecule has 1 aromatic rings. The molecule has 2 unspecified atom stereocenters. The minimum atomic E-state index is -0.377. The molecule has 1 aromatic carbocycles. The highest BCUT2D eigenvalue weighted by molar-refractivity contribution is 7.53. The van der Waals surface area contributed by atoms with Crippen molar-refractivity contribution in [3.8, 4) is 0 Å². The Morgan fingerprint density at radius 1 is 1.06 bits per heavy atom. The lowest BCUT2D eigenvalue weighted by atomic mass is 10.0. The van der Waals surface area contributed by atoms with Gasteiger partial charge in [0.2, 0.25) is 0 Å². The summed E-state index contributed by atoms with van der Waals surface area (Å²) in [6.45, 7) is 9.14. The van der Waals surface area contributed by atoms with Crippen LogP contribution in [0.1, 0.15) is 38.9 Å². The predicted octanol–water partition coefficient (Wildman–Crippen LogP) is 5.08. The van der Waals surface area contributed by atoms with Gasteiger partial charge in [-0.3, -0.25) is 0 Å². The Morgan fingerprint density at radius 2 is 1.65 bits per heavy atom. The van der Waals surface area contributed by atoms with E-state index < -0.39 is 0 Å². The fourth-order valence-corrected chi connectivity index (χ4v) is 4.69. The normalized spacial score (nSPS) is 15.2. The summed E-state index contributed by atoms with van der Waals surface area (Å²) in [7, 11) is 1.49. The van der Waals surface area contributed by atoms with Crippen LogP contribution < -0.4 is 0 Å². The zero-order chi connectivity index (χ0) is 12.8. The highest BCUT2D eigenvalue weighted by atomic mass is 31.1. The molecule has 96 valence electrons. The van der Waals surface area contributed by atoms with E-state index in [0.29, 0.717) is 17.5 Å². The van der Waals surface area contributed by atoms with E-state index in [9.17, 15) is 0 Å². The second-order valence-electron chi connectivity index (χ2n) is 5.28. The maximum atomic E-state index is 5.80. The van der Waals surface area contributed by atoms with Crippen LogP contribution in [0.5, 0.6) is 0 Å². The molecule has 0 radical (unpaired) electrons. The summed E-state index contributed by atoms with van der Waals surface area (Å²) in [5.74, 6) is 1.33. The maximum absolute atomic E-state index is 5.80. The number of hydrogen-bond donors (Lipinski definition) is 0. The van der Waals surface area contributed by atoms with Crippen LogP contribution in [0.2, 0.25) is 0 Å². The Morgan fingerprint density at radius 3 is 2.06 bits per heavy atom. The smallest absolute Gasteiger partial charge is 0.0398 e. The zero-order valence-corrected chi connectivity index (χ0v) is 12.6. The molecule has 0 N–H and O–H groups in total. The van der Waals surface area contributed by atoms with Gasteiger partial charge in [0, 0.05) is 20.9 Å². The van der Waals surface area contributed by atoms with Crippen LogP contribution in [-0.2, 0) is 4.52 Å². The highest BCUT2D eigenvalue weighted by Gasteiger charge is 2.26. The first-order valence-electron chi connectivity index (χ1n) is 6.42. The van der Waals surface area contributed by atoms with Gasteiger partial charge < -0.3 is 4.52 Å².